The average Bonchev–Trinajstić information content (AvgIpc) is 3.80. The third-order valence-electron chi connectivity index (χ3n) is 7.29. The van der Waals surface area contributed by atoms with E-state index in [1.807, 2.05) is 0 Å². The molecule has 38 heavy (non-hydrogen) atoms. The highest BCUT2D eigenvalue weighted by atomic mass is 19.3. The van der Waals surface area contributed by atoms with Gasteiger partial charge in [0.25, 0.3) is 5.91 Å². The predicted molar refractivity (Wildman–Crippen MR) is 133 cm³/mol. The lowest BCUT2D eigenvalue weighted by atomic mass is 9.88. The van der Waals surface area contributed by atoms with E-state index in [1.165, 1.54) is 29.1 Å². The van der Waals surface area contributed by atoms with E-state index in [0.29, 0.717) is 28.8 Å². The number of aromatic nitrogens is 5. The van der Waals surface area contributed by atoms with Crippen LogP contribution < -0.4 is 10.6 Å². The number of pyridine rings is 1. The third kappa shape index (κ3) is 5.58. The van der Waals surface area contributed by atoms with Crippen LogP contribution in [0.1, 0.15) is 54.0 Å². The van der Waals surface area contributed by atoms with E-state index in [4.69, 9.17) is 0 Å². The van der Waals surface area contributed by atoms with Crippen LogP contribution in [0.3, 0.4) is 0 Å². The zero-order chi connectivity index (χ0) is 27.0. The maximum atomic E-state index is 15.0. The highest BCUT2D eigenvalue weighted by molar-refractivity contribution is 6.00. The zero-order valence-electron chi connectivity index (χ0n) is 21.2. The summed E-state index contributed by atoms with van der Waals surface area (Å²) in [4.78, 5) is 30.7. The van der Waals surface area contributed by atoms with Crippen molar-refractivity contribution in [3.63, 3.8) is 0 Å². The number of amides is 2. The number of nitrogens with zero attached hydrogens (tertiary/aromatic N) is 4. The maximum Gasteiger partial charge on any atom is 0.270 e. The number of anilines is 1. The summed E-state index contributed by atoms with van der Waals surface area (Å²) in [5, 5.41) is 16.4. The lowest BCUT2D eigenvalue weighted by Crippen LogP contribution is -2.50. The Balaban J connectivity index is 1.36. The highest BCUT2D eigenvalue weighted by Crippen LogP contribution is 2.51. The van der Waals surface area contributed by atoms with Crippen LogP contribution in [0.15, 0.2) is 24.4 Å². The van der Waals surface area contributed by atoms with E-state index in [0.717, 1.165) is 25.7 Å². The number of rotatable bonds is 11. The summed E-state index contributed by atoms with van der Waals surface area (Å²) in [6.07, 6.45) is 2.28. The third-order valence-corrected chi connectivity index (χ3v) is 7.29. The van der Waals surface area contributed by atoms with Crippen LogP contribution >= 0.6 is 0 Å². The fourth-order valence-corrected chi connectivity index (χ4v) is 5.21. The summed E-state index contributed by atoms with van der Waals surface area (Å²) in [5.41, 5.74) is 2.32. The molecule has 2 aliphatic carbocycles. The molecule has 0 radical (unpaired) electrons. The van der Waals surface area contributed by atoms with E-state index < -0.39 is 36.7 Å². The van der Waals surface area contributed by atoms with Gasteiger partial charge in [0, 0.05) is 36.0 Å². The van der Waals surface area contributed by atoms with Crippen molar-refractivity contribution in [2.75, 3.05) is 5.32 Å². The van der Waals surface area contributed by atoms with Crippen molar-refractivity contribution >= 4 is 17.6 Å². The van der Waals surface area contributed by atoms with Crippen LogP contribution in [0.5, 0.6) is 0 Å². The lowest BCUT2D eigenvalue weighted by molar-refractivity contribution is -0.119. The molecule has 0 aliphatic heterocycles. The van der Waals surface area contributed by atoms with Gasteiger partial charge < -0.3 is 10.6 Å². The minimum absolute atomic E-state index is 0.0293. The summed E-state index contributed by atoms with van der Waals surface area (Å²) in [7, 11) is 0. The van der Waals surface area contributed by atoms with E-state index in [9.17, 15) is 22.8 Å². The standard InChI is InChI=1S/C26H30F3N7O2/c1-13-21(14(2)35-34-13)17-7-8-20(31-24(17)29)32-26(38)23(22(15-3-4-15)16-5-6-16)33-25(37)18-9-11-30-36(18)12-10-19(27)28/h7-9,11,15-16,19,22-23H,3-6,10,12H2,1-2H3,(H,33,37)(H,34,35)(H,31,32,38)/t23-/m0/s1. The molecule has 2 amide bonds. The summed E-state index contributed by atoms with van der Waals surface area (Å²) >= 11 is 0. The summed E-state index contributed by atoms with van der Waals surface area (Å²) < 4.78 is 41.7. The number of H-pyrrole nitrogens is 1. The van der Waals surface area contributed by atoms with Gasteiger partial charge in [-0.2, -0.15) is 14.6 Å². The predicted octanol–water partition coefficient (Wildman–Crippen LogP) is 4.25. The molecule has 3 aromatic rings. The van der Waals surface area contributed by atoms with Gasteiger partial charge >= 0.3 is 0 Å². The Hall–Kier alpha value is -3.70. The molecule has 3 heterocycles. The Kier molecular flexibility index (Phi) is 7.22. The van der Waals surface area contributed by atoms with Crippen LogP contribution in [0.25, 0.3) is 11.1 Å². The number of aryl methyl sites for hydroxylation is 3. The summed E-state index contributed by atoms with van der Waals surface area (Å²) in [6, 6.07) is 3.61. The van der Waals surface area contributed by atoms with Gasteiger partial charge in [0.05, 0.1) is 5.69 Å². The lowest BCUT2D eigenvalue weighted by Gasteiger charge is -2.27. The highest BCUT2D eigenvalue weighted by Gasteiger charge is 2.48. The van der Waals surface area contributed by atoms with Crippen molar-refractivity contribution in [1.29, 1.82) is 0 Å². The first-order valence-corrected chi connectivity index (χ1v) is 12.8. The summed E-state index contributed by atoms with van der Waals surface area (Å²) in [6.45, 7) is 3.42. The number of hydrogen-bond acceptors (Lipinski definition) is 5. The number of aromatic amines is 1. The van der Waals surface area contributed by atoms with Crippen molar-refractivity contribution in [3.05, 3.63) is 47.4 Å². The molecule has 0 bridgehead atoms. The SMILES string of the molecule is Cc1n[nH]c(C)c1-c1ccc(NC(=O)[C@@H](NC(=O)c2ccnn2CCC(F)F)C(C2CC2)C2CC2)nc1F. The normalized spacial score (nSPS) is 16.2. The fraction of sp³-hybridized carbons (Fsp3) is 0.500. The molecule has 9 nitrogen and oxygen atoms in total. The molecular weight excluding hydrogens is 499 g/mol. The van der Waals surface area contributed by atoms with E-state index >= 15 is 0 Å². The fourth-order valence-electron chi connectivity index (χ4n) is 5.21. The molecule has 0 spiro atoms. The monoisotopic (exact) mass is 529 g/mol. The second kappa shape index (κ2) is 10.6. The largest absolute Gasteiger partial charge is 0.339 e. The van der Waals surface area contributed by atoms with Gasteiger partial charge in [-0.05, 0) is 75.5 Å². The molecule has 2 fully saturated rings. The molecule has 1 atom stereocenters. The van der Waals surface area contributed by atoms with Crippen LogP contribution in [0.4, 0.5) is 19.0 Å². The number of hydrogen-bond donors (Lipinski definition) is 3. The Morgan fingerprint density at radius 2 is 1.84 bits per heavy atom. The average molecular weight is 530 g/mol. The first-order valence-electron chi connectivity index (χ1n) is 12.8. The second-order valence-corrected chi connectivity index (χ2v) is 10.2. The smallest absolute Gasteiger partial charge is 0.270 e. The Labute approximate surface area is 217 Å². The van der Waals surface area contributed by atoms with Crippen molar-refractivity contribution in [3.8, 4) is 11.1 Å². The first kappa shape index (κ1) is 25.9. The minimum atomic E-state index is -2.52. The van der Waals surface area contributed by atoms with Gasteiger partial charge in [-0.15, -0.1) is 0 Å². The maximum absolute atomic E-state index is 15.0. The molecule has 0 saturated heterocycles. The molecule has 2 saturated carbocycles. The number of nitrogens with one attached hydrogen (secondary N) is 3. The Bertz CT molecular complexity index is 1300. The van der Waals surface area contributed by atoms with E-state index in [2.05, 4.69) is 30.9 Å². The van der Waals surface area contributed by atoms with Crippen molar-refractivity contribution in [2.45, 2.75) is 65.0 Å². The molecule has 0 aromatic carbocycles. The molecule has 3 N–H and O–H groups in total. The quantitative estimate of drug-likeness (QED) is 0.321. The van der Waals surface area contributed by atoms with Gasteiger partial charge in [0.1, 0.15) is 17.6 Å². The number of alkyl halides is 2. The minimum Gasteiger partial charge on any atom is -0.339 e. The van der Waals surface area contributed by atoms with E-state index in [-0.39, 0.29) is 29.5 Å². The van der Waals surface area contributed by atoms with Gasteiger partial charge in [-0.25, -0.2) is 13.8 Å². The van der Waals surface area contributed by atoms with Crippen LogP contribution in [-0.2, 0) is 11.3 Å². The van der Waals surface area contributed by atoms with Crippen molar-refractivity contribution < 1.29 is 22.8 Å². The van der Waals surface area contributed by atoms with Crippen LogP contribution in [-0.4, -0.2) is 49.2 Å². The molecule has 202 valence electrons. The molecule has 2 aliphatic rings. The number of carbonyl (C=O) groups is 2. The zero-order valence-corrected chi connectivity index (χ0v) is 21.2. The Morgan fingerprint density at radius 3 is 2.42 bits per heavy atom. The molecule has 3 aromatic heterocycles. The first-order chi connectivity index (χ1) is 18.2. The molecular formula is C26H30F3N7O2. The number of carbonyl (C=O) groups excluding carboxylic acids is 2. The van der Waals surface area contributed by atoms with Gasteiger partial charge in [0.2, 0.25) is 18.3 Å². The van der Waals surface area contributed by atoms with Gasteiger partial charge in [-0.3, -0.25) is 19.4 Å². The molecule has 5 rings (SSSR count). The Morgan fingerprint density at radius 1 is 1.13 bits per heavy atom. The second-order valence-electron chi connectivity index (χ2n) is 10.2. The topological polar surface area (TPSA) is 118 Å². The van der Waals surface area contributed by atoms with Crippen molar-refractivity contribution in [1.82, 2.24) is 30.3 Å². The summed E-state index contributed by atoms with van der Waals surface area (Å²) in [5.74, 6) is -1.24. The molecule has 12 heteroatoms. The van der Waals surface area contributed by atoms with E-state index in [1.54, 1.807) is 13.8 Å². The van der Waals surface area contributed by atoms with Crippen molar-refractivity contribution in [2.24, 2.45) is 17.8 Å². The van der Waals surface area contributed by atoms with Crippen LogP contribution in [0, 0.1) is 37.5 Å². The van der Waals surface area contributed by atoms with Gasteiger partial charge in [-0.1, -0.05) is 0 Å². The van der Waals surface area contributed by atoms with Gasteiger partial charge in [0.15, 0.2) is 0 Å². The molecule has 0 unspecified atom stereocenters. The van der Waals surface area contributed by atoms with Crippen LogP contribution in [0.2, 0.25) is 0 Å². The number of halogens is 3.